The van der Waals surface area contributed by atoms with Crippen LogP contribution in [0, 0.1) is 0 Å². The molecule has 0 amide bonds. The highest BCUT2D eigenvalue weighted by atomic mass is 16.5. The molecular formula is C16H14N2O. The first-order chi connectivity index (χ1) is 9.36. The first-order valence-electron chi connectivity index (χ1n) is 6.12. The fourth-order valence-electron chi connectivity index (χ4n) is 2.00. The van der Waals surface area contributed by atoms with Crippen LogP contribution in [0.1, 0.15) is 0 Å². The molecule has 0 spiro atoms. The molecular weight excluding hydrogens is 236 g/mol. The lowest BCUT2D eigenvalue weighted by Crippen LogP contribution is -1.88. The molecule has 0 unspecified atom stereocenters. The standard InChI is InChI=1S/C16H14N2O/c1-19-13-9-7-12(8-10-13)14-4-2-5-16(18-14)15-6-3-11-17-15/h2-11,17H,1H3. The number of ether oxygens (including phenoxy) is 1. The van der Waals surface area contributed by atoms with E-state index in [1.807, 2.05) is 60.8 Å². The average molecular weight is 250 g/mol. The summed E-state index contributed by atoms with van der Waals surface area (Å²) in [6.07, 6.45) is 1.90. The Kier molecular flexibility index (Phi) is 3.02. The van der Waals surface area contributed by atoms with Gasteiger partial charge in [-0.3, -0.25) is 0 Å². The van der Waals surface area contributed by atoms with E-state index in [9.17, 15) is 0 Å². The molecule has 2 heterocycles. The second-order valence-corrected chi connectivity index (χ2v) is 4.22. The molecule has 1 aromatic carbocycles. The molecule has 3 heteroatoms. The lowest BCUT2D eigenvalue weighted by atomic mass is 10.1. The second-order valence-electron chi connectivity index (χ2n) is 4.22. The van der Waals surface area contributed by atoms with E-state index in [-0.39, 0.29) is 0 Å². The summed E-state index contributed by atoms with van der Waals surface area (Å²) in [4.78, 5) is 7.84. The van der Waals surface area contributed by atoms with Crippen LogP contribution in [0.15, 0.2) is 60.8 Å². The minimum absolute atomic E-state index is 0.851. The minimum Gasteiger partial charge on any atom is -0.497 e. The molecule has 2 aromatic heterocycles. The van der Waals surface area contributed by atoms with Crippen molar-refractivity contribution in [3.05, 3.63) is 60.8 Å². The van der Waals surface area contributed by atoms with Gasteiger partial charge in [-0.1, -0.05) is 6.07 Å². The number of pyridine rings is 1. The van der Waals surface area contributed by atoms with E-state index in [1.165, 1.54) is 0 Å². The topological polar surface area (TPSA) is 37.9 Å². The third-order valence-corrected chi connectivity index (χ3v) is 3.01. The summed E-state index contributed by atoms with van der Waals surface area (Å²) in [6.45, 7) is 0. The fourth-order valence-corrected chi connectivity index (χ4v) is 2.00. The van der Waals surface area contributed by atoms with Crippen LogP contribution >= 0.6 is 0 Å². The number of benzene rings is 1. The first-order valence-corrected chi connectivity index (χ1v) is 6.12. The molecule has 0 aliphatic rings. The van der Waals surface area contributed by atoms with Gasteiger partial charge in [0.05, 0.1) is 24.2 Å². The predicted molar refractivity (Wildman–Crippen MR) is 76.0 cm³/mol. The van der Waals surface area contributed by atoms with Crippen LogP contribution in [0.2, 0.25) is 0 Å². The molecule has 94 valence electrons. The largest absolute Gasteiger partial charge is 0.497 e. The molecule has 0 saturated carbocycles. The van der Waals surface area contributed by atoms with Crippen molar-refractivity contribution in [1.29, 1.82) is 0 Å². The maximum atomic E-state index is 5.16. The van der Waals surface area contributed by atoms with Crippen LogP contribution in [-0.4, -0.2) is 17.1 Å². The average Bonchev–Trinajstić information content (AvgIpc) is 3.02. The van der Waals surface area contributed by atoms with Crippen LogP contribution < -0.4 is 4.74 Å². The summed E-state index contributed by atoms with van der Waals surface area (Å²) >= 11 is 0. The van der Waals surface area contributed by atoms with Crippen LogP contribution in [0.5, 0.6) is 5.75 Å². The van der Waals surface area contributed by atoms with E-state index in [0.29, 0.717) is 0 Å². The zero-order valence-electron chi connectivity index (χ0n) is 10.6. The zero-order chi connectivity index (χ0) is 13.1. The van der Waals surface area contributed by atoms with Crippen molar-refractivity contribution >= 4 is 0 Å². The summed E-state index contributed by atoms with van der Waals surface area (Å²) in [5.74, 6) is 0.851. The molecule has 19 heavy (non-hydrogen) atoms. The SMILES string of the molecule is COc1ccc(-c2cccc(-c3ccc[nH]3)n2)cc1. The van der Waals surface area contributed by atoms with E-state index < -0.39 is 0 Å². The lowest BCUT2D eigenvalue weighted by Gasteiger charge is -2.05. The van der Waals surface area contributed by atoms with Crippen molar-refractivity contribution in [3.8, 4) is 28.4 Å². The Hall–Kier alpha value is -2.55. The summed E-state index contributed by atoms with van der Waals surface area (Å²) in [5.41, 5.74) is 4.00. The number of H-pyrrole nitrogens is 1. The Morgan fingerprint density at radius 2 is 1.68 bits per heavy atom. The van der Waals surface area contributed by atoms with Gasteiger partial charge in [-0.05, 0) is 48.5 Å². The number of nitrogens with one attached hydrogen (secondary N) is 1. The Balaban J connectivity index is 1.98. The van der Waals surface area contributed by atoms with Gasteiger partial charge in [0.2, 0.25) is 0 Å². The molecule has 0 aliphatic carbocycles. The number of hydrogen-bond acceptors (Lipinski definition) is 2. The number of hydrogen-bond donors (Lipinski definition) is 1. The molecule has 3 aromatic rings. The predicted octanol–water partition coefficient (Wildman–Crippen LogP) is 3.75. The van der Waals surface area contributed by atoms with Crippen LogP contribution in [0.4, 0.5) is 0 Å². The van der Waals surface area contributed by atoms with E-state index in [1.54, 1.807) is 7.11 Å². The van der Waals surface area contributed by atoms with Crippen LogP contribution in [0.3, 0.4) is 0 Å². The van der Waals surface area contributed by atoms with Gasteiger partial charge in [-0.25, -0.2) is 4.98 Å². The van der Waals surface area contributed by atoms with Gasteiger partial charge in [0.1, 0.15) is 5.75 Å². The molecule has 3 rings (SSSR count). The highest BCUT2D eigenvalue weighted by Gasteiger charge is 2.03. The van der Waals surface area contributed by atoms with E-state index >= 15 is 0 Å². The van der Waals surface area contributed by atoms with Gasteiger partial charge in [0.25, 0.3) is 0 Å². The van der Waals surface area contributed by atoms with Gasteiger partial charge in [-0.15, -0.1) is 0 Å². The molecule has 0 fully saturated rings. The van der Waals surface area contributed by atoms with Gasteiger partial charge >= 0.3 is 0 Å². The highest BCUT2D eigenvalue weighted by Crippen LogP contribution is 2.23. The van der Waals surface area contributed by atoms with Crippen molar-refractivity contribution in [2.75, 3.05) is 7.11 Å². The fraction of sp³-hybridized carbons (Fsp3) is 0.0625. The van der Waals surface area contributed by atoms with Crippen molar-refractivity contribution in [3.63, 3.8) is 0 Å². The third-order valence-electron chi connectivity index (χ3n) is 3.01. The van der Waals surface area contributed by atoms with Gasteiger partial charge in [0, 0.05) is 11.8 Å². The molecule has 0 saturated heterocycles. The van der Waals surface area contributed by atoms with Gasteiger partial charge in [0.15, 0.2) is 0 Å². The number of methoxy groups -OCH3 is 1. The number of nitrogens with zero attached hydrogens (tertiary/aromatic N) is 1. The Morgan fingerprint density at radius 3 is 2.37 bits per heavy atom. The second kappa shape index (κ2) is 4.98. The normalized spacial score (nSPS) is 10.4. The third kappa shape index (κ3) is 2.36. The molecule has 3 nitrogen and oxygen atoms in total. The van der Waals surface area contributed by atoms with Crippen molar-refractivity contribution in [1.82, 2.24) is 9.97 Å². The van der Waals surface area contributed by atoms with Crippen LogP contribution in [-0.2, 0) is 0 Å². The Labute approximate surface area is 111 Å². The molecule has 0 bridgehead atoms. The number of aromatic nitrogens is 2. The van der Waals surface area contributed by atoms with Crippen molar-refractivity contribution in [2.24, 2.45) is 0 Å². The first kappa shape index (κ1) is 11.5. The Morgan fingerprint density at radius 1 is 0.895 bits per heavy atom. The summed E-state index contributed by atoms with van der Waals surface area (Å²) in [7, 11) is 1.67. The van der Waals surface area contributed by atoms with Crippen LogP contribution in [0.25, 0.3) is 22.6 Å². The highest BCUT2D eigenvalue weighted by molar-refractivity contribution is 5.64. The Bertz CT molecular complexity index is 657. The smallest absolute Gasteiger partial charge is 0.118 e. The van der Waals surface area contributed by atoms with Gasteiger partial charge in [-0.2, -0.15) is 0 Å². The van der Waals surface area contributed by atoms with E-state index in [2.05, 4.69) is 9.97 Å². The monoisotopic (exact) mass is 250 g/mol. The van der Waals surface area contributed by atoms with Gasteiger partial charge < -0.3 is 9.72 Å². The molecule has 0 radical (unpaired) electrons. The van der Waals surface area contributed by atoms with Crippen molar-refractivity contribution < 1.29 is 4.74 Å². The maximum absolute atomic E-state index is 5.16. The zero-order valence-corrected chi connectivity index (χ0v) is 10.6. The van der Waals surface area contributed by atoms with E-state index in [4.69, 9.17) is 4.74 Å². The maximum Gasteiger partial charge on any atom is 0.118 e. The molecule has 0 aliphatic heterocycles. The number of rotatable bonds is 3. The minimum atomic E-state index is 0.851. The summed E-state index contributed by atoms with van der Waals surface area (Å²) < 4.78 is 5.16. The lowest BCUT2D eigenvalue weighted by molar-refractivity contribution is 0.415. The van der Waals surface area contributed by atoms with Crippen molar-refractivity contribution in [2.45, 2.75) is 0 Å². The number of aromatic amines is 1. The van der Waals surface area contributed by atoms with E-state index in [0.717, 1.165) is 28.4 Å². The molecule has 0 atom stereocenters. The quantitative estimate of drug-likeness (QED) is 0.768. The molecule has 1 N–H and O–H groups in total. The summed E-state index contributed by atoms with van der Waals surface area (Å²) in [6, 6.07) is 17.9. The summed E-state index contributed by atoms with van der Waals surface area (Å²) in [5, 5.41) is 0.